The maximum atomic E-state index is 6.26. The standard InChI is InChI=1S/C18H13BrClN/c19-18-16(20)12-7-13-17(18)21(14-8-3-1-4-9-14)15-10-5-2-6-11-15/h1-13H. The third kappa shape index (κ3) is 2.97. The van der Waals surface area contributed by atoms with Crippen LogP contribution in [0.5, 0.6) is 0 Å². The lowest BCUT2D eigenvalue weighted by Gasteiger charge is -2.26. The first-order valence-electron chi connectivity index (χ1n) is 6.61. The van der Waals surface area contributed by atoms with Crippen LogP contribution in [0.2, 0.25) is 5.02 Å². The van der Waals surface area contributed by atoms with Gasteiger partial charge in [-0.2, -0.15) is 0 Å². The molecule has 0 aliphatic rings. The Hall–Kier alpha value is -1.77. The summed E-state index contributed by atoms with van der Waals surface area (Å²) in [6, 6.07) is 26.4. The molecule has 0 saturated carbocycles. The van der Waals surface area contributed by atoms with Crippen molar-refractivity contribution < 1.29 is 0 Å². The summed E-state index contributed by atoms with van der Waals surface area (Å²) < 4.78 is 0.888. The summed E-state index contributed by atoms with van der Waals surface area (Å²) in [6.45, 7) is 0. The Balaban J connectivity index is 2.20. The Morgan fingerprint density at radius 1 is 0.667 bits per heavy atom. The van der Waals surface area contributed by atoms with Crippen molar-refractivity contribution in [2.45, 2.75) is 0 Å². The van der Waals surface area contributed by atoms with E-state index in [4.69, 9.17) is 11.6 Å². The molecule has 0 aliphatic carbocycles. The Kier molecular flexibility index (Phi) is 4.28. The van der Waals surface area contributed by atoms with Crippen LogP contribution < -0.4 is 4.90 Å². The fourth-order valence-electron chi connectivity index (χ4n) is 2.25. The van der Waals surface area contributed by atoms with Crippen LogP contribution in [0.3, 0.4) is 0 Å². The van der Waals surface area contributed by atoms with Crippen molar-refractivity contribution in [2.24, 2.45) is 0 Å². The van der Waals surface area contributed by atoms with Crippen molar-refractivity contribution in [3.63, 3.8) is 0 Å². The van der Waals surface area contributed by atoms with Gasteiger partial charge in [0, 0.05) is 11.4 Å². The van der Waals surface area contributed by atoms with Gasteiger partial charge in [-0.25, -0.2) is 0 Å². The molecule has 1 nitrogen and oxygen atoms in total. The Morgan fingerprint density at radius 3 is 1.71 bits per heavy atom. The quantitative estimate of drug-likeness (QED) is 0.511. The first kappa shape index (κ1) is 14.2. The predicted octanol–water partition coefficient (Wildman–Crippen LogP) is 6.57. The van der Waals surface area contributed by atoms with Crippen LogP contribution >= 0.6 is 27.5 Å². The Bertz CT molecular complexity index is 689. The predicted molar refractivity (Wildman–Crippen MR) is 93.8 cm³/mol. The number of para-hydroxylation sites is 2. The summed E-state index contributed by atoms with van der Waals surface area (Å²) in [6.07, 6.45) is 0. The van der Waals surface area contributed by atoms with E-state index in [9.17, 15) is 0 Å². The molecule has 104 valence electrons. The van der Waals surface area contributed by atoms with Gasteiger partial charge in [-0.1, -0.05) is 54.1 Å². The van der Waals surface area contributed by atoms with Gasteiger partial charge in [0.2, 0.25) is 0 Å². The normalized spacial score (nSPS) is 10.4. The number of hydrogen-bond donors (Lipinski definition) is 0. The third-order valence-electron chi connectivity index (χ3n) is 3.20. The van der Waals surface area contributed by atoms with E-state index < -0.39 is 0 Å². The molecule has 0 unspecified atom stereocenters. The van der Waals surface area contributed by atoms with Crippen LogP contribution in [0.15, 0.2) is 83.3 Å². The molecule has 3 aromatic rings. The highest BCUT2D eigenvalue weighted by molar-refractivity contribution is 9.10. The molecule has 0 heterocycles. The first-order chi connectivity index (χ1) is 10.3. The largest absolute Gasteiger partial charge is 0.309 e. The second-order valence-electron chi connectivity index (χ2n) is 4.58. The van der Waals surface area contributed by atoms with Crippen molar-refractivity contribution in [1.29, 1.82) is 0 Å². The molecular weight excluding hydrogens is 346 g/mol. The van der Waals surface area contributed by atoms with Gasteiger partial charge in [0.25, 0.3) is 0 Å². The molecule has 21 heavy (non-hydrogen) atoms. The van der Waals surface area contributed by atoms with Crippen molar-refractivity contribution in [3.05, 3.63) is 88.4 Å². The van der Waals surface area contributed by atoms with Crippen molar-refractivity contribution in [2.75, 3.05) is 4.90 Å². The minimum atomic E-state index is 0.698. The molecule has 3 rings (SSSR count). The van der Waals surface area contributed by atoms with Gasteiger partial charge >= 0.3 is 0 Å². The maximum absolute atomic E-state index is 6.26. The summed E-state index contributed by atoms with van der Waals surface area (Å²) in [5.74, 6) is 0. The van der Waals surface area contributed by atoms with E-state index in [-0.39, 0.29) is 0 Å². The van der Waals surface area contributed by atoms with Crippen LogP contribution in [0.4, 0.5) is 17.1 Å². The van der Waals surface area contributed by atoms with Gasteiger partial charge in [-0.05, 0) is 52.3 Å². The van der Waals surface area contributed by atoms with Crippen LogP contribution in [0, 0.1) is 0 Å². The average molecular weight is 359 g/mol. The van der Waals surface area contributed by atoms with Gasteiger partial charge in [0.1, 0.15) is 0 Å². The van der Waals surface area contributed by atoms with Crippen LogP contribution in [-0.2, 0) is 0 Å². The number of rotatable bonds is 3. The molecule has 0 N–H and O–H groups in total. The molecule has 0 radical (unpaired) electrons. The molecule has 0 aliphatic heterocycles. The summed E-state index contributed by atoms with van der Waals surface area (Å²) in [5, 5.41) is 0.698. The van der Waals surface area contributed by atoms with E-state index in [1.54, 1.807) is 0 Å². The molecule has 0 bridgehead atoms. The first-order valence-corrected chi connectivity index (χ1v) is 7.79. The smallest absolute Gasteiger partial charge is 0.0618 e. The van der Waals surface area contributed by atoms with Crippen molar-refractivity contribution >= 4 is 44.6 Å². The summed E-state index contributed by atoms with van der Waals surface area (Å²) in [4.78, 5) is 2.18. The molecule has 0 fully saturated rings. The van der Waals surface area contributed by atoms with Gasteiger partial charge < -0.3 is 4.90 Å². The summed E-state index contributed by atoms with van der Waals surface area (Å²) >= 11 is 9.86. The minimum absolute atomic E-state index is 0.698. The van der Waals surface area contributed by atoms with Crippen molar-refractivity contribution in [3.8, 4) is 0 Å². The molecule has 3 heteroatoms. The molecule has 0 amide bonds. The monoisotopic (exact) mass is 357 g/mol. The van der Waals surface area contributed by atoms with Gasteiger partial charge in [0.05, 0.1) is 15.2 Å². The highest BCUT2D eigenvalue weighted by Gasteiger charge is 2.15. The fraction of sp³-hybridized carbons (Fsp3) is 0. The number of benzene rings is 3. The van der Waals surface area contributed by atoms with E-state index in [1.165, 1.54) is 0 Å². The molecule has 0 aromatic heterocycles. The zero-order chi connectivity index (χ0) is 14.7. The van der Waals surface area contributed by atoms with Gasteiger partial charge in [-0.3, -0.25) is 0 Å². The van der Waals surface area contributed by atoms with E-state index in [0.29, 0.717) is 5.02 Å². The zero-order valence-corrected chi connectivity index (χ0v) is 13.6. The van der Waals surface area contributed by atoms with E-state index >= 15 is 0 Å². The Labute approximate surface area is 137 Å². The molecule has 0 saturated heterocycles. The third-order valence-corrected chi connectivity index (χ3v) is 4.58. The highest BCUT2D eigenvalue weighted by Crippen LogP contribution is 2.41. The molecule has 3 aromatic carbocycles. The summed E-state index contributed by atoms with van der Waals surface area (Å²) in [5.41, 5.74) is 3.19. The SMILES string of the molecule is Clc1cccc(N(c2ccccc2)c2ccccc2)c1Br. The lowest BCUT2D eigenvalue weighted by molar-refractivity contribution is 1.27. The lowest BCUT2D eigenvalue weighted by Crippen LogP contribution is -2.10. The fourth-order valence-corrected chi connectivity index (χ4v) is 2.86. The average Bonchev–Trinajstić information content (AvgIpc) is 2.54. The van der Waals surface area contributed by atoms with Crippen LogP contribution in [0.25, 0.3) is 0 Å². The topological polar surface area (TPSA) is 3.24 Å². The molecular formula is C18H13BrClN. The number of hydrogen-bond acceptors (Lipinski definition) is 1. The number of nitrogens with zero attached hydrogens (tertiary/aromatic N) is 1. The van der Waals surface area contributed by atoms with E-state index in [0.717, 1.165) is 21.5 Å². The lowest BCUT2D eigenvalue weighted by atomic mass is 10.2. The van der Waals surface area contributed by atoms with Crippen LogP contribution in [0.1, 0.15) is 0 Å². The number of halogens is 2. The summed E-state index contributed by atoms with van der Waals surface area (Å²) in [7, 11) is 0. The minimum Gasteiger partial charge on any atom is -0.309 e. The van der Waals surface area contributed by atoms with Crippen LogP contribution in [-0.4, -0.2) is 0 Å². The number of anilines is 3. The Morgan fingerprint density at radius 2 is 1.19 bits per heavy atom. The van der Waals surface area contributed by atoms with Gasteiger partial charge in [0.15, 0.2) is 0 Å². The molecule has 0 atom stereocenters. The maximum Gasteiger partial charge on any atom is 0.0618 e. The zero-order valence-electron chi connectivity index (χ0n) is 11.2. The highest BCUT2D eigenvalue weighted by atomic mass is 79.9. The second kappa shape index (κ2) is 6.33. The van der Waals surface area contributed by atoms with Crippen molar-refractivity contribution in [1.82, 2.24) is 0 Å². The molecule has 0 spiro atoms. The van der Waals surface area contributed by atoms with E-state index in [1.807, 2.05) is 48.5 Å². The van der Waals surface area contributed by atoms with Gasteiger partial charge in [-0.15, -0.1) is 0 Å². The second-order valence-corrected chi connectivity index (χ2v) is 5.78. The van der Waals surface area contributed by atoms with E-state index in [2.05, 4.69) is 51.2 Å².